The van der Waals surface area contributed by atoms with Crippen molar-refractivity contribution >= 4 is 40.1 Å². The Labute approximate surface area is 126 Å². The highest BCUT2D eigenvalue weighted by Gasteiger charge is 2.49. The first-order chi connectivity index (χ1) is 9.08. The van der Waals surface area contributed by atoms with E-state index >= 15 is 0 Å². The molecule has 19 heavy (non-hydrogen) atoms. The molecular weight excluding hydrogens is 353 g/mol. The summed E-state index contributed by atoms with van der Waals surface area (Å²) in [5.41, 5.74) is 0.720. The highest BCUT2D eigenvalue weighted by atomic mass is 127. The van der Waals surface area contributed by atoms with Crippen molar-refractivity contribution in [1.29, 1.82) is 0 Å². The van der Waals surface area contributed by atoms with Gasteiger partial charge in [-0.1, -0.05) is 6.92 Å². The van der Waals surface area contributed by atoms with E-state index in [1.165, 1.54) is 4.90 Å². The Morgan fingerprint density at radius 1 is 1.05 bits per heavy atom. The summed E-state index contributed by atoms with van der Waals surface area (Å²) in [5, 5.41) is 0. The number of carbonyl (C=O) groups excluding carboxylic acids is 2. The van der Waals surface area contributed by atoms with Gasteiger partial charge in [0.2, 0.25) is 11.8 Å². The van der Waals surface area contributed by atoms with Crippen molar-refractivity contribution in [2.24, 2.45) is 17.8 Å². The monoisotopic (exact) mass is 369 g/mol. The SMILES string of the molecule is CC1CCC2C(=O)N(c3ccc(I)cc3)C(=O)C2C1. The van der Waals surface area contributed by atoms with Crippen LogP contribution in [0.1, 0.15) is 26.2 Å². The molecular formula is C15H16INO2. The van der Waals surface area contributed by atoms with Gasteiger partial charge in [-0.05, 0) is 72.0 Å². The lowest BCUT2D eigenvalue weighted by molar-refractivity contribution is -0.122. The van der Waals surface area contributed by atoms with Gasteiger partial charge in [0, 0.05) is 3.57 Å². The first kappa shape index (κ1) is 13.1. The van der Waals surface area contributed by atoms with E-state index in [9.17, 15) is 9.59 Å². The molecule has 2 fully saturated rings. The number of carbonyl (C=O) groups is 2. The lowest BCUT2D eigenvalue weighted by atomic mass is 9.76. The number of benzene rings is 1. The second-order valence-electron chi connectivity index (χ2n) is 5.62. The van der Waals surface area contributed by atoms with Crippen molar-refractivity contribution in [3.05, 3.63) is 27.8 Å². The van der Waals surface area contributed by atoms with Crippen LogP contribution in [0.2, 0.25) is 0 Å². The predicted molar refractivity (Wildman–Crippen MR) is 81.6 cm³/mol. The number of hydrogen-bond acceptors (Lipinski definition) is 2. The van der Waals surface area contributed by atoms with Gasteiger partial charge in [0.05, 0.1) is 17.5 Å². The molecule has 2 aliphatic rings. The maximum atomic E-state index is 12.5. The van der Waals surface area contributed by atoms with Crippen molar-refractivity contribution in [2.45, 2.75) is 26.2 Å². The number of anilines is 1. The lowest BCUT2D eigenvalue weighted by Gasteiger charge is -2.25. The standard InChI is InChI=1S/C15H16INO2/c1-9-2-7-12-13(8-9)15(19)17(14(12)18)11-5-3-10(16)4-6-11/h3-6,9,12-13H,2,7-8H2,1H3. The fourth-order valence-corrected chi connectivity index (χ4v) is 3.59. The minimum absolute atomic E-state index is 0.00255. The van der Waals surface area contributed by atoms with E-state index in [0.717, 1.165) is 28.5 Å². The first-order valence-corrected chi connectivity index (χ1v) is 7.79. The highest BCUT2D eigenvalue weighted by Crippen LogP contribution is 2.42. The Morgan fingerprint density at radius 3 is 2.37 bits per heavy atom. The van der Waals surface area contributed by atoms with E-state index in [1.807, 2.05) is 24.3 Å². The molecule has 3 nitrogen and oxygen atoms in total. The van der Waals surface area contributed by atoms with Crippen LogP contribution in [-0.4, -0.2) is 11.8 Å². The van der Waals surface area contributed by atoms with Crippen LogP contribution in [0, 0.1) is 21.3 Å². The van der Waals surface area contributed by atoms with Gasteiger partial charge in [-0.15, -0.1) is 0 Å². The summed E-state index contributed by atoms with van der Waals surface area (Å²) in [6.45, 7) is 2.17. The Bertz CT molecular complexity index is 525. The molecule has 2 amide bonds. The molecule has 100 valence electrons. The van der Waals surface area contributed by atoms with E-state index in [2.05, 4.69) is 29.5 Å². The molecule has 0 aromatic heterocycles. The molecule has 0 N–H and O–H groups in total. The summed E-state index contributed by atoms with van der Waals surface area (Å²) in [5.74, 6) is 0.388. The Morgan fingerprint density at radius 2 is 1.68 bits per heavy atom. The molecule has 1 saturated carbocycles. The molecule has 0 radical (unpaired) electrons. The molecule has 1 aliphatic carbocycles. The van der Waals surface area contributed by atoms with Gasteiger partial charge in [0.25, 0.3) is 0 Å². The minimum Gasteiger partial charge on any atom is -0.274 e. The smallest absolute Gasteiger partial charge is 0.237 e. The van der Waals surface area contributed by atoms with Gasteiger partial charge in [-0.3, -0.25) is 14.5 Å². The summed E-state index contributed by atoms with van der Waals surface area (Å²) in [7, 11) is 0. The molecule has 1 aromatic carbocycles. The predicted octanol–water partition coefficient (Wildman–Crippen LogP) is 3.22. The molecule has 3 unspecified atom stereocenters. The van der Waals surface area contributed by atoms with Crippen LogP contribution in [0.25, 0.3) is 0 Å². The van der Waals surface area contributed by atoms with Gasteiger partial charge in [-0.25, -0.2) is 0 Å². The van der Waals surface area contributed by atoms with Crippen molar-refractivity contribution in [1.82, 2.24) is 0 Å². The van der Waals surface area contributed by atoms with Crippen LogP contribution in [0.4, 0.5) is 5.69 Å². The largest absolute Gasteiger partial charge is 0.274 e. The van der Waals surface area contributed by atoms with Crippen molar-refractivity contribution in [3.8, 4) is 0 Å². The zero-order valence-corrected chi connectivity index (χ0v) is 13.0. The van der Waals surface area contributed by atoms with Crippen LogP contribution >= 0.6 is 22.6 Å². The van der Waals surface area contributed by atoms with Gasteiger partial charge in [0.15, 0.2) is 0 Å². The number of fused-ring (bicyclic) bond motifs is 1. The summed E-state index contributed by atoms with van der Waals surface area (Å²) >= 11 is 2.22. The molecule has 0 bridgehead atoms. The second-order valence-corrected chi connectivity index (χ2v) is 6.87. The van der Waals surface area contributed by atoms with Gasteiger partial charge >= 0.3 is 0 Å². The molecule has 1 heterocycles. The van der Waals surface area contributed by atoms with E-state index in [0.29, 0.717) is 5.92 Å². The number of hydrogen-bond donors (Lipinski definition) is 0. The van der Waals surface area contributed by atoms with Crippen molar-refractivity contribution < 1.29 is 9.59 Å². The van der Waals surface area contributed by atoms with Gasteiger partial charge in [0.1, 0.15) is 0 Å². The summed E-state index contributed by atoms with van der Waals surface area (Å²) in [6, 6.07) is 7.58. The fourth-order valence-electron chi connectivity index (χ4n) is 3.23. The van der Waals surface area contributed by atoms with Crippen molar-refractivity contribution in [3.63, 3.8) is 0 Å². The topological polar surface area (TPSA) is 37.4 Å². The van der Waals surface area contributed by atoms with E-state index in [1.54, 1.807) is 0 Å². The molecule has 1 saturated heterocycles. The maximum absolute atomic E-state index is 12.5. The average Bonchev–Trinajstić information content (AvgIpc) is 2.63. The van der Waals surface area contributed by atoms with Crippen LogP contribution in [0.3, 0.4) is 0 Å². The molecule has 3 rings (SSSR count). The highest BCUT2D eigenvalue weighted by molar-refractivity contribution is 14.1. The third-order valence-electron chi connectivity index (χ3n) is 4.27. The van der Waals surface area contributed by atoms with E-state index in [4.69, 9.17) is 0 Å². The Hall–Kier alpha value is -0.910. The summed E-state index contributed by atoms with van der Waals surface area (Å²) in [4.78, 5) is 26.3. The fraction of sp³-hybridized carbons (Fsp3) is 0.467. The Kier molecular flexibility index (Phi) is 3.37. The number of nitrogens with zero attached hydrogens (tertiary/aromatic N) is 1. The Balaban J connectivity index is 1.93. The van der Waals surface area contributed by atoms with Crippen molar-refractivity contribution in [2.75, 3.05) is 4.90 Å². The first-order valence-electron chi connectivity index (χ1n) is 6.71. The number of imide groups is 1. The zero-order chi connectivity index (χ0) is 13.6. The molecule has 4 heteroatoms. The van der Waals surface area contributed by atoms with Gasteiger partial charge in [-0.2, -0.15) is 0 Å². The lowest BCUT2D eigenvalue weighted by Crippen LogP contribution is -2.30. The third-order valence-corrected chi connectivity index (χ3v) is 4.99. The normalized spacial score (nSPS) is 30.6. The van der Waals surface area contributed by atoms with Crippen LogP contribution in [0.15, 0.2) is 24.3 Å². The molecule has 0 spiro atoms. The minimum atomic E-state index is -0.0875. The quantitative estimate of drug-likeness (QED) is 0.563. The maximum Gasteiger partial charge on any atom is 0.237 e. The van der Waals surface area contributed by atoms with Gasteiger partial charge < -0.3 is 0 Å². The van der Waals surface area contributed by atoms with Crippen LogP contribution < -0.4 is 4.90 Å². The number of amides is 2. The average molecular weight is 369 g/mol. The van der Waals surface area contributed by atoms with E-state index in [-0.39, 0.29) is 23.7 Å². The number of rotatable bonds is 1. The zero-order valence-electron chi connectivity index (χ0n) is 10.8. The number of halogens is 1. The summed E-state index contributed by atoms with van der Waals surface area (Å²) in [6.07, 6.45) is 2.77. The molecule has 3 atom stereocenters. The summed E-state index contributed by atoms with van der Waals surface area (Å²) < 4.78 is 1.10. The molecule has 1 aliphatic heterocycles. The van der Waals surface area contributed by atoms with Crippen LogP contribution in [-0.2, 0) is 9.59 Å². The second kappa shape index (κ2) is 4.89. The third kappa shape index (κ3) is 2.20. The van der Waals surface area contributed by atoms with Crippen LogP contribution in [0.5, 0.6) is 0 Å². The van der Waals surface area contributed by atoms with E-state index < -0.39 is 0 Å². The molecule has 1 aromatic rings.